The Bertz CT molecular complexity index is 501. The van der Waals surface area contributed by atoms with Crippen LogP contribution in [0.4, 0.5) is 4.79 Å². The fraction of sp³-hybridized carbons (Fsp3) is 0.905. The summed E-state index contributed by atoms with van der Waals surface area (Å²) in [6.07, 6.45) is 7.42. The molecule has 0 aromatic rings. The summed E-state index contributed by atoms with van der Waals surface area (Å²) in [5, 5.41) is 9.73. The van der Waals surface area contributed by atoms with E-state index in [-0.39, 0.29) is 17.9 Å². The second-order valence-corrected chi connectivity index (χ2v) is 9.43. The van der Waals surface area contributed by atoms with Crippen LogP contribution in [-0.4, -0.2) is 63.8 Å². The van der Waals surface area contributed by atoms with Crippen LogP contribution in [0.3, 0.4) is 0 Å². The van der Waals surface area contributed by atoms with E-state index in [0.717, 1.165) is 25.7 Å². The zero-order chi connectivity index (χ0) is 20.2. The van der Waals surface area contributed by atoms with Gasteiger partial charge in [0.25, 0.3) is 0 Å². The van der Waals surface area contributed by atoms with Crippen LogP contribution in [0, 0.1) is 5.92 Å². The van der Waals surface area contributed by atoms with E-state index in [1.165, 1.54) is 24.2 Å². The maximum atomic E-state index is 13.2. The summed E-state index contributed by atoms with van der Waals surface area (Å²) in [7, 11) is 0. The number of rotatable bonds is 5. The van der Waals surface area contributed by atoms with Crippen molar-refractivity contribution >= 4 is 12.0 Å². The molecular formula is C21H38N2O4. The number of carboxylic acid groups (broad SMARTS) is 1. The first kappa shape index (κ1) is 22.0. The Morgan fingerprint density at radius 1 is 1.00 bits per heavy atom. The molecule has 1 aliphatic carbocycles. The van der Waals surface area contributed by atoms with Gasteiger partial charge in [-0.1, -0.05) is 33.1 Å². The van der Waals surface area contributed by atoms with Gasteiger partial charge in [-0.25, -0.2) is 4.79 Å². The molecule has 6 heteroatoms. The van der Waals surface area contributed by atoms with Crippen molar-refractivity contribution < 1.29 is 19.4 Å². The Balaban J connectivity index is 1.98. The lowest BCUT2D eigenvalue weighted by Gasteiger charge is -2.43. The van der Waals surface area contributed by atoms with E-state index < -0.39 is 17.7 Å². The van der Waals surface area contributed by atoms with Crippen molar-refractivity contribution in [3.05, 3.63) is 0 Å². The molecule has 0 aromatic heterocycles. The predicted molar refractivity (Wildman–Crippen MR) is 106 cm³/mol. The highest BCUT2D eigenvalue weighted by molar-refractivity contribution is 5.86. The lowest BCUT2D eigenvalue weighted by molar-refractivity contribution is -0.143. The summed E-state index contributed by atoms with van der Waals surface area (Å²) in [4.78, 5) is 28.3. The quantitative estimate of drug-likeness (QED) is 0.776. The van der Waals surface area contributed by atoms with E-state index in [2.05, 4.69) is 0 Å². The first-order valence-corrected chi connectivity index (χ1v) is 10.6. The highest BCUT2D eigenvalue weighted by Crippen LogP contribution is 2.27. The van der Waals surface area contributed by atoms with Crippen LogP contribution in [0.5, 0.6) is 0 Å². The van der Waals surface area contributed by atoms with E-state index >= 15 is 0 Å². The molecule has 6 nitrogen and oxygen atoms in total. The fourth-order valence-electron chi connectivity index (χ4n) is 4.39. The maximum Gasteiger partial charge on any atom is 0.408 e. The summed E-state index contributed by atoms with van der Waals surface area (Å²) in [5.41, 5.74) is -0.626. The third-order valence-corrected chi connectivity index (χ3v) is 5.78. The summed E-state index contributed by atoms with van der Waals surface area (Å²) < 4.78 is 6.27. The first-order chi connectivity index (χ1) is 12.6. The standard InChI is InChI=1S/C21H38N2O4/c1-15(2)18(23(20(25)26)21(3,4)5)19(24)22-13-11-17(12-14-22)27-16-9-7-6-8-10-16/h15-18H,6-14H2,1-5H3,(H,25,26)/t18-/m0/s1. The summed E-state index contributed by atoms with van der Waals surface area (Å²) in [5.74, 6) is -0.150. The van der Waals surface area contributed by atoms with Gasteiger partial charge in [0.05, 0.1) is 12.2 Å². The average molecular weight is 383 g/mol. The Hall–Kier alpha value is -1.30. The molecular weight excluding hydrogens is 344 g/mol. The van der Waals surface area contributed by atoms with Crippen LogP contribution in [0.2, 0.25) is 0 Å². The van der Waals surface area contributed by atoms with Gasteiger partial charge in [-0.2, -0.15) is 0 Å². The second-order valence-electron chi connectivity index (χ2n) is 9.43. The van der Waals surface area contributed by atoms with E-state index in [9.17, 15) is 14.7 Å². The molecule has 0 spiro atoms. The van der Waals surface area contributed by atoms with Crippen LogP contribution in [0.15, 0.2) is 0 Å². The molecule has 2 aliphatic rings. The molecule has 1 saturated carbocycles. The van der Waals surface area contributed by atoms with Crippen LogP contribution >= 0.6 is 0 Å². The minimum atomic E-state index is -1.04. The molecule has 1 atom stereocenters. The van der Waals surface area contributed by atoms with E-state index in [1.807, 2.05) is 39.5 Å². The van der Waals surface area contributed by atoms with E-state index in [1.54, 1.807) is 0 Å². The zero-order valence-electron chi connectivity index (χ0n) is 17.7. The predicted octanol–water partition coefficient (Wildman–Crippen LogP) is 4.13. The van der Waals surface area contributed by atoms with Crippen molar-refractivity contribution in [1.82, 2.24) is 9.80 Å². The Labute approximate surface area is 164 Å². The molecule has 2 rings (SSSR count). The number of nitrogens with zero attached hydrogens (tertiary/aromatic N) is 2. The van der Waals surface area contributed by atoms with Gasteiger partial charge in [-0.15, -0.1) is 0 Å². The third-order valence-electron chi connectivity index (χ3n) is 5.78. The number of likely N-dealkylation sites (tertiary alicyclic amines) is 1. The van der Waals surface area contributed by atoms with Crippen molar-refractivity contribution in [2.45, 2.75) is 103 Å². The molecule has 27 heavy (non-hydrogen) atoms. The third kappa shape index (κ3) is 5.84. The van der Waals surface area contributed by atoms with Gasteiger partial charge in [0.1, 0.15) is 6.04 Å². The highest BCUT2D eigenvalue weighted by Gasteiger charge is 2.41. The number of hydrogen-bond donors (Lipinski definition) is 1. The second kappa shape index (κ2) is 9.26. The first-order valence-electron chi connectivity index (χ1n) is 10.6. The number of amides is 2. The fourth-order valence-corrected chi connectivity index (χ4v) is 4.39. The number of piperidine rings is 1. The zero-order valence-corrected chi connectivity index (χ0v) is 17.7. The molecule has 0 bridgehead atoms. The van der Waals surface area contributed by atoms with Crippen LogP contribution < -0.4 is 0 Å². The van der Waals surface area contributed by atoms with Crippen molar-refractivity contribution in [1.29, 1.82) is 0 Å². The SMILES string of the molecule is CC(C)[C@@H](C(=O)N1CCC(OC2CCCCC2)CC1)N(C(=O)O)C(C)(C)C. The number of ether oxygens (including phenoxy) is 1. The number of carbonyl (C=O) groups excluding carboxylic acids is 1. The van der Waals surface area contributed by atoms with Crippen LogP contribution in [0.25, 0.3) is 0 Å². The maximum absolute atomic E-state index is 13.2. The van der Waals surface area contributed by atoms with Gasteiger partial charge in [0.15, 0.2) is 0 Å². The topological polar surface area (TPSA) is 70.1 Å². The summed E-state index contributed by atoms with van der Waals surface area (Å²) in [6, 6.07) is -0.654. The highest BCUT2D eigenvalue weighted by atomic mass is 16.5. The van der Waals surface area contributed by atoms with Crippen LogP contribution in [-0.2, 0) is 9.53 Å². The molecule has 1 N–H and O–H groups in total. The van der Waals surface area contributed by atoms with Gasteiger partial charge in [0.2, 0.25) is 5.91 Å². The van der Waals surface area contributed by atoms with E-state index in [4.69, 9.17) is 4.74 Å². The average Bonchev–Trinajstić information content (AvgIpc) is 2.59. The molecule has 0 unspecified atom stereocenters. The van der Waals surface area contributed by atoms with Crippen molar-refractivity contribution in [3.8, 4) is 0 Å². The van der Waals surface area contributed by atoms with Crippen molar-refractivity contribution in [2.75, 3.05) is 13.1 Å². The molecule has 0 aromatic carbocycles. The molecule has 1 aliphatic heterocycles. The molecule has 1 saturated heterocycles. The van der Waals surface area contributed by atoms with Crippen LogP contribution in [0.1, 0.15) is 79.6 Å². The van der Waals surface area contributed by atoms with E-state index in [0.29, 0.717) is 19.2 Å². The van der Waals surface area contributed by atoms with Gasteiger partial charge >= 0.3 is 6.09 Å². The summed E-state index contributed by atoms with van der Waals surface area (Å²) >= 11 is 0. The smallest absolute Gasteiger partial charge is 0.408 e. The molecule has 2 fully saturated rings. The normalized spacial score (nSPS) is 21.3. The lowest BCUT2D eigenvalue weighted by Crippen LogP contribution is -2.60. The lowest BCUT2D eigenvalue weighted by atomic mass is 9.94. The largest absolute Gasteiger partial charge is 0.465 e. The molecule has 1 heterocycles. The minimum absolute atomic E-state index is 0.0709. The molecule has 2 amide bonds. The van der Waals surface area contributed by atoms with Gasteiger partial charge in [-0.3, -0.25) is 9.69 Å². The van der Waals surface area contributed by atoms with Gasteiger partial charge < -0.3 is 14.7 Å². The minimum Gasteiger partial charge on any atom is -0.465 e. The number of hydrogen-bond acceptors (Lipinski definition) is 3. The Morgan fingerprint density at radius 3 is 1.96 bits per heavy atom. The monoisotopic (exact) mass is 382 g/mol. The van der Waals surface area contributed by atoms with Crippen molar-refractivity contribution in [2.24, 2.45) is 5.92 Å². The Morgan fingerprint density at radius 2 is 1.52 bits per heavy atom. The van der Waals surface area contributed by atoms with Crippen molar-refractivity contribution in [3.63, 3.8) is 0 Å². The van der Waals surface area contributed by atoms with Gasteiger partial charge in [-0.05, 0) is 52.4 Å². The molecule has 0 radical (unpaired) electrons. The molecule has 156 valence electrons. The Kier molecular flexibility index (Phi) is 7.55. The number of carbonyl (C=O) groups is 2. The van der Waals surface area contributed by atoms with Gasteiger partial charge in [0, 0.05) is 18.6 Å². The summed E-state index contributed by atoms with van der Waals surface area (Å²) in [6.45, 7) is 10.7.